The maximum atomic E-state index is 13.0. The molecule has 1 fully saturated rings. The van der Waals surface area contributed by atoms with Crippen LogP contribution in [0.4, 0.5) is 18.0 Å². The van der Waals surface area contributed by atoms with Gasteiger partial charge in [-0.05, 0) is 24.5 Å². The zero-order valence-electron chi connectivity index (χ0n) is 16.9. The normalized spacial score (nSPS) is 19.1. The van der Waals surface area contributed by atoms with Crippen molar-refractivity contribution in [3.8, 4) is 0 Å². The molecule has 2 amide bonds. The first kappa shape index (κ1) is 22.1. The van der Waals surface area contributed by atoms with Crippen LogP contribution in [-0.4, -0.2) is 45.8 Å². The molecule has 168 valence electrons. The number of halogens is 3. The molecule has 1 aliphatic heterocycles. The Hall–Kier alpha value is -3.08. The summed E-state index contributed by atoms with van der Waals surface area (Å²) in [6, 6.07) is 8.54. The Morgan fingerprint density at radius 2 is 1.97 bits per heavy atom. The van der Waals surface area contributed by atoms with Gasteiger partial charge in [0.05, 0.1) is 18.7 Å². The van der Waals surface area contributed by atoms with E-state index >= 15 is 0 Å². The summed E-state index contributed by atoms with van der Waals surface area (Å²) in [4.78, 5) is 34.7. The van der Waals surface area contributed by atoms with Gasteiger partial charge in [-0.3, -0.25) is 4.90 Å². The van der Waals surface area contributed by atoms with Gasteiger partial charge in [-0.2, -0.15) is 13.2 Å². The zero-order valence-corrected chi connectivity index (χ0v) is 17.7. The van der Waals surface area contributed by atoms with Crippen LogP contribution in [0.25, 0.3) is 0 Å². The molecule has 1 aromatic heterocycles. The van der Waals surface area contributed by atoms with E-state index in [0.29, 0.717) is 11.3 Å². The van der Waals surface area contributed by atoms with Gasteiger partial charge in [0.25, 0.3) is 0 Å². The van der Waals surface area contributed by atoms with Crippen molar-refractivity contribution in [3.63, 3.8) is 0 Å². The van der Waals surface area contributed by atoms with Gasteiger partial charge >= 0.3 is 18.2 Å². The first-order valence-electron chi connectivity index (χ1n) is 9.78. The Labute approximate surface area is 186 Å². The highest BCUT2D eigenvalue weighted by Crippen LogP contribution is 2.40. The lowest BCUT2D eigenvalue weighted by molar-refractivity contribution is -0.141. The first-order chi connectivity index (χ1) is 15.3. The number of carbonyl (C=O) groups is 2. The Morgan fingerprint density at radius 3 is 2.59 bits per heavy atom. The summed E-state index contributed by atoms with van der Waals surface area (Å²) in [5.41, 5.74) is 0.266. The molecule has 0 spiro atoms. The van der Waals surface area contributed by atoms with Crippen molar-refractivity contribution in [1.82, 2.24) is 20.2 Å². The second-order valence-electron chi connectivity index (χ2n) is 7.26. The van der Waals surface area contributed by atoms with Crippen molar-refractivity contribution in [2.75, 3.05) is 12.9 Å². The predicted octanol–water partition coefficient (Wildman–Crippen LogP) is 3.94. The van der Waals surface area contributed by atoms with E-state index in [2.05, 4.69) is 15.3 Å². The SMILES string of the molecule is COC(=O)C1=C(CSc2nccc(C(F)(F)F)n2)N(C2CC2)C(=O)NC1c1ccccc1. The Morgan fingerprint density at radius 1 is 1.25 bits per heavy atom. The maximum absolute atomic E-state index is 13.0. The van der Waals surface area contributed by atoms with Crippen LogP contribution in [0.15, 0.2) is 59.0 Å². The molecule has 11 heteroatoms. The van der Waals surface area contributed by atoms with Crippen molar-refractivity contribution in [2.24, 2.45) is 0 Å². The number of alkyl halides is 3. The van der Waals surface area contributed by atoms with Crippen LogP contribution in [0.5, 0.6) is 0 Å². The van der Waals surface area contributed by atoms with Crippen LogP contribution in [-0.2, 0) is 15.7 Å². The predicted molar refractivity (Wildman–Crippen MR) is 109 cm³/mol. The van der Waals surface area contributed by atoms with Crippen molar-refractivity contribution >= 4 is 23.8 Å². The fourth-order valence-corrected chi connectivity index (χ4v) is 4.35. The van der Waals surface area contributed by atoms with Gasteiger partial charge in [0, 0.05) is 23.7 Å². The average molecular weight is 464 g/mol. The molecule has 0 saturated heterocycles. The third-order valence-corrected chi connectivity index (χ3v) is 5.96. The molecule has 1 aromatic carbocycles. The fraction of sp³-hybridized carbons (Fsp3) is 0.333. The zero-order chi connectivity index (χ0) is 22.9. The van der Waals surface area contributed by atoms with E-state index < -0.39 is 23.9 Å². The van der Waals surface area contributed by atoms with E-state index in [9.17, 15) is 22.8 Å². The number of rotatable bonds is 6. The summed E-state index contributed by atoms with van der Waals surface area (Å²) in [5.74, 6) is -0.594. The molecule has 1 saturated carbocycles. The molecule has 1 unspecified atom stereocenters. The number of methoxy groups -OCH3 is 1. The van der Waals surface area contributed by atoms with Crippen molar-refractivity contribution < 1.29 is 27.5 Å². The average Bonchev–Trinajstić information content (AvgIpc) is 3.62. The molecule has 7 nitrogen and oxygen atoms in total. The monoisotopic (exact) mass is 464 g/mol. The van der Waals surface area contributed by atoms with Gasteiger partial charge in [-0.15, -0.1) is 0 Å². The third-order valence-electron chi connectivity index (χ3n) is 5.09. The lowest BCUT2D eigenvalue weighted by atomic mass is 9.95. The highest BCUT2D eigenvalue weighted by Gasteiger charge is 2.44. The minimum Gasteiger partial charge on any atom is -0.466 e. The number of hydrogen-bond donors (Lipinski definition) is 1. The number of ether oxygens (including phenoxy) is 1. The molecule has 1 aliphatic carbocycles. The number of thioether (sulfide) groups is 1. The van der Waals surface area contributed by atoms with Gasteiger partial charge in [0.2, 0.25) is 0 Å². The van der Waals surface area contributed by atoms with Gasteiger partial charge in [0.1, 0.15) is 5.69 Å². The summed E-state index contributed by atoms with van der Waals surface area (Å²) >= 11 is 0.928. The van der Waals surface area contributed by atoms with E-state index in [1.165, 1.54) is 12.0 Å². The summed E-state index contributed by atoms with van der Waals surface area (Å²) in [5, 5.41) is 2.76. The first-order valence-corrected chi connectivity index (χ1v) is 10.8. The van der Waals surface area contributed by atoms with Gasteiger partial charge < -0.3 is 10.1 Å². The van der Waals surface area contributed by atoms with E-state index in [4.69, 9.17) is 4.74 Å². The van der Waals surface area contributed by atoms with Crippen molar-refractivity contribution in [3.05, 3.63) is 65.1 Å². The third kappa shape index (κ3) is 4.57. The van der Waals surface area contributed by atoms with Gasteiger partial charge in [-0.1, -0.05) is 42.1 Å². The molecule has 1 atom stereocenters. The Kier molecular flexibility index (Phi) is 6.09. The fourth-order valence-electron chi connectivity index (χ4n) is 3.49. The van der Waals surface area contributed by atoms with E-state index in [1.807, 2.05) is 6.07 Å². The largest absolute Gasteiger partial charge is 0.466 e. The second-order valence-corrected chi connectivity index (χ2v) is 8.20. The molecule has 1 N–H and O–H groups in total. The summed E-state index contributed by atoms with van der Waals surface area (Å²) < 4.78 is 44.0. The molecular weight excluding hydrogens is 445 g/mol. The Bertz CT molecular complexity index is 1060. The smallest absolute Gasteiger partial charge is 0.433 e. The number of nitrogens with one attached hydrogen (secondary N) is 1. The molecular formula is C21H19F3N4O3S. The van der Waals surface area contributed by atoms with E-state index in [-0.39, 0.29) is 28.6 Å². The second kappa shape index (κ2) is 8.81. The van der Waals surface area contributed by atoms with Crippen LogP contribution in [0.1, 0.15) is 30.1 Å². The molecule has 0 radical (unpaired) electrons. The van der Waals surface area contributed by atoms with Gasteiger partial charge in [0.15, 0.2) is 5.16 Å². The Balaban J connectivity index is 1.73. The van der Waals surface area contributed by atoms with E-state index in [1.54, 1.807) is 24.3 Å². The highest BCUT2D eigenvalue weighted by molar-refractivity contribution is 7.99. The van der Waals surface area contributed by atoms with Crippen LogP contribution in [0, 0.1) is 0 Å². The lowest BCUT2D eigenvalue weighted by Gasteiger charge is -2.36. The number of urea groups is 1. The van der Waals surface area contributed by atoms with Gasteiger partial charge in [-0.25, -0.2) is 19.6 Å². The molecule has 2 heterocycles. The van der Waals surface area contributed by atoms with Crippen molar-refractivity contribution in [1.29, 1.82) is 0 Å². The number of amides is 2. The topological polar surface area (TPSA) is 84.4 Å². The summed E-state index contributed by atoms with van der Waals surface area (Å²) in [6.45, 7) is 0. The minimum atomic E-state index is -4.60. The minimum absolute atomic E-state index is 0.0268. The molecule has 2 aromatic rings. The van der Waals surface area contributed by atoms with Crippen LogP contribution in [0.2, 0.25) is 0 Å². The number of hydrogen-bond acceptors (Lipinski definition) is 6. The molecule has 0 bridgehead atoms. The summed E-state index contributed by atoms with van der Waals surface area (Å²) in [7, 11) is 1.25. The quantitative estimate of drug-likeness (QED) is 0.396. The number of esters is 1. The van der Waals surface area contributed by atoms with Crippen molar-refractivity contribution in [2.45, 2.75) is 36.3 Å². The highest BCUT2D eigenvalue weighted by atomic mass is 32.2. The molecule has 32 heavy (non-hydrogen) atoms. The maximum Gasteiger partial charge on any atom is 0.433 e. The molecule has 4 rings (SSSR count). The number of nitrogens with zero attached hydrogens (tertiary/aromatic N) is 3. The number of benzene rings is 1. The summed E-state index contributed by atoms with van der Waals surface area (Å²) in [6.07, 6.45) is -2.02. The van der Waals surface area contributed by atoms with Crippen LogP contribution in [0.3, 0.4) is 0 Å². The lowest BCUT2D eigenvalue weighted by Crippen LogP contribution is -2.50. The van der Waals surface area contributed by atoms with E-state index in [0.717, 1.165) is 36.9 Å². The van der Waals surface area contributed by atoms with Crippen LogP contribution >= 0.6 is 11.8 Å². The molecule has 2 aliphatic rings. The number of carbonyl (C=O) groups excluding carboxylic acids is 2. The van der Waals surface area contributed by atoms with Crippen LogP contribution < -0.4 is 5.32 Å². The number of aromatic nitrogens is 2. The standard InChI is InChI=1S/C21H19F3N4O3S/c1-31-18(29)16-14(11-32-19-25-10-9-15(26-19)21(22,23)24)28(13-7-8-13)20(30)27-17(16)12-5-3-2-4-6-12/h2-6,9-10,13,17H,7-8,11H2,1H3,(H,27,30).